The lowest BCUT2D eigenvalue weighted by Gasteiger charge is -2.08. The summed E-state index contributed by atoms with van der Waals surface area (Å²) in [5.74, 6) is 0.788. The van der Waals surface area contributed by atoms with Crippen LogP contribution in [0.4, 0.5) is 4.39 Å². The second kappa shape index (κ2) is 5.21. The minimum atomic E-state index is -0.243. The molecule has 0 unspecified atom stereocenters. The molecule has 0 amide bonds. The molecule has 0 bridgehead atoms. The number of aryl methyl sites for hydroxylation is 1. The van der Waals surface area contributed by atoms with Gasteiger partial charge < -0.3 is 4.57 Å². The van der Waals surface area contributed by atoms with Crippen molar-refractivity contribution in [2.75, 3.05) is 0 Å². The highest BCUT2D eigenvalue weighted by Gasteiger charge is 2.12. The fourth-order valence-corrected chi connectivity index (χ4v) is 2.45. The van der Waals surface area contributed by atoms with Gasteiger partial charge in [-0.2, -0.15) is 0 Å². The van der Waals surface area contributed by atoms with Crippen LogP contribution in [0.5, 0.6) is 0 Å². The number of benzene rings is 1. The number of halogens is 2. The van der Waals surface area contributed by atoms with Crippen molar-refractivity contribution in [2.24, 2.45) is 0 Å². The van der Waals surface area contributed by atoms with E-state index in [0.29, 0.717) is 23.5 Å². The van der Waals surface area contributed by atoms with Gasteiger partial charge in [-0.1, -0.05) is 0 Å². The van der Waals surface area contributed by atoms with E-state index in [-0.39, 0.29) is 5.82 Å². The maximum Gasteiger partial charge on any atom is 0.128 e. The number of rotatable bonds is 3. The second-order valence-electron chi connectivity index (χ2n) is 4.69. The standard InChI is InChI=1S/C15H13ClFN3/c1-10-6-14-13(7-12(10)17)19-15(8-16)20(14)9-11-2-4-18-5-3-11/h2-7H,8-9H2,1H3. The van der Waals surface area contributed by atoms with Gasteiger partial charge in [0, 0.05) is 25.0 Å². The van der Waals surface area contributed by atoms with E-state index >= 15 is 0 Å². The van der Waals surface area contributed by atoms with Gasteiger partial charge in [0.25, 0.3) is 0 Å². The van der Waals surface area contributed by atoms with Crippen LogP contribution in [0.15, 0.2) is 36.7 Å². The predicted octanol–water partition coefficient (Wildman–Crippen LogP) is 3.67. The van der Waals surface area contributed by atoms with Gasteiger partial charge in [-0.05, 0) is 36.2 Å². The van der Waals surface area contributed by atoms with E-state index < -0.39 is 0 Å². The van der Waals surface area contributed by atoms with Crippen LogP contribution in [0, 0.1) is 12.7 Å². The van der Waals surface area contributed by atoms with E-state index in [1.807, 2.05) is 22.8 Å². The van der Waals surface area contributed by atoms with Gasteiger partial charge in [-0.3, -0.25) is 4.98 Å². The van der Waals surface area contributed by atoms with Gasteiger partial charge in [0.05, 0.1) is 16.9 Å². The molecule has 0 fully saturated rings. The fraction of sp³-hybridized carbons (Fsp3) is 0.200. The zero-order chi connectivity index (χ0) is 14.1. The summed E-state index contributed by atoms with van der Waals surface area (Å²) in [5.41, 5.74) is 3.25. The molecule has 2 aromatic heterocycles. The average Bonchev–Trinajstić information content (AvgIpc) is 2.78. The third-order valence-electron chi connectivity index (χ3n) is 3.32. The third kappa shape index (κ3) is 2.27. The first-order chi connectivity index (χ1) is 9.69. The van der Waals surface area contributed by atoms with Crippen molar-refractivity contribution in [3.63, 3.8) is 0 Å². The van der Waals surface area contributed by atoms with Crippen LogP contribution in [-0.2, 0) is 12.4 Å². The summed E-state index contributed by atoms with van der Waals surface area (Å²) in [6.45, 7) is 2.39. The molecule has 0 atom stereocenters. The van der Waals surface area contributed by atoms with E-state index in [2.05, 4.69) is 9.97 Å². The van der Waals surface area contributed by atoms with Crippen molar-refractivity contribution in [3.05, 3.63) is 59.4 Å². The number of hydrogen-bond acceptors (Lipinski definition) is 2. The van der Waals surface area contributed by atoms with Crippen LogP contribution in [0.2, 0.25) is 0 Å². The molecule has 0 radical (unpaired) electrons. The van der Waals surface area contributed by atoms with E-state index in [1.54, 1.807) is 19.3 Å². The van der Waals surface area contributed by atoms with Crippen LogP contribution in [0.25, 0.3) is 11.0 Å². The molecule has 2 heterocycles. The molecule has 0 aliphatic carbocycles. The number of imidazole rings is 1. The molecule has 3 nitrogen and oxygen atoms in total. The summed E-state index contributed by atoms with van der Waals surface area (Å²) in [6.07, 6.45) is 3.50. The zero-order valence-electron chi connectivity index (χ0n) is 11.0. The maximum atomic E-state index is 13.6. The van der Waals surface area contributed by atoms with Gasteiger partial charge in [-0.25, -0.2) is 9.37 Å². The van der Waals surface area contributed by atoms with Crippen molar-refractivity contribution in [1.29, 1.82) is 0 Å². The van der Waals surface area contributed by atoms with Crippen molar-refractivity contribution in [1.82, 2.24) is 14.5 Å². The lowest BCUT2D eigenvalue weighted by atomic mass is 10.2. The van der Waals surface area contributed by atoms with Gasteiger partial charge >= 0.3 is 0 Å². The minimum Gasteiger partial charge on any atom is -0.322 e. The summed E-state index contributed by atoms with van der Waals surface area (Å²) in [5, 5.41) is 0. The third-order valence-corrected chi connectivity index (χ3v) is 3.56. The lowest BCUT2D eigenvalue weighted by molar-refractivity contribution is 0.620. The summed E-state index contributed by atoms with van der Waals surface area (Å²) in [7, 11) is 0. The molecule has 0 N–H and O–H groups in total. The highest BCUT2D eigenvalue weighted by Crippen LogP contribution is 2.22. The molecule has 5 heteroatoms. The Bertz CT molecular complexity index is 753. The Labute approximate surface area is 121 Å². The number of fused-ring (bicyclic) bond motifs is 1. The van der Waals surface area contributed by atoms with Crippen molar-refractivity contribution in [2.45, 2.75) is 19.3 Å². The molecule has 1 aromatic carbocycles. The van der Waals surface area contributed by atoms with E-state index in [0.717, 1.165) is 16.9 Å². The minimum absolute atomic E-state index is 0.243. The highest BCUT2D eigenvalue weighted by molar-refractivity contribution is 6.16. The molecule has 0 saturated carbocycles. The Morgan fingerprint density at radius 2 is 2.00 bits per heavy atom. The fourth-order valence-electron chi connectivity index (χ4n) is 2.25. The Kier molecular flexibility index (Phi) is 3.40. The highest BCUT2D eigenvalue weighted by atomic mass is 35.5. The van der Waals surface area contributed by atoms with E-state index in [9.17, 15) is 4.39 Å². The first kappa shape index (κ1) is 13.1. The van der Waals surface area contributed by atoms with Gasteiger partial charge in [0.2, 0.25) is 0 Å². The molecular weight excluding hydrogens is 277 g/mol. The van der Waals surface area contributed by atoms with Crippen molar-refractivity contribution >= 4 is 22.6 Å². The van der Waals surface area contributed by atoms with E-state index in [1.165, 1.54) is 6.07 Å². The Balaban J connectivity index is 2.15. The summed E-state index contributed by atoms with van der Waals surface area (Å²) in [6, 6.07) is 7.17. The predicted molar refractivity (Wildman–Crippen MR) is 77.3 cm³/mol. The number of aromatic nitrogens is 3. The van der Waals surface area contributed by atoms with Crippen LogP contribution >= 0.6 is 11.6 Å². The largest absolute Gasteiger partial charge is 0.322 e. The number of alkyl halides is 1. The smallest absolute Gasteiger partial charge is 0.128 e. The molecule has 3 aromatic rings. The molecule has 0 spiro atoms. The monoisotopic (exact) mass is 289 g/mol. The summed E-state index contributed by atoms with van der Waals surface area (Å²) >= 11 is 5.96. The van der Waals surface area contributed by atoms with Crippen molar-refractivity contribution < 1.29 is 4.39 Å². The average molecular weight is 290 g/mol. The second-order valence-corrected chi connectivity index (χ2v) is 4.96. The quantitative estimate of drug-likeness (QED) is 0.689. The molecule has 20 heavy (non-hydrogen) atoms. The molecule has 0 saturated heterocycles. The maximum absolute atomic E-state index is 13.6. The molecule has 0 aliphatic heterocycles. The van der Waals surface area contributed by atoms with Gasteiger partial charge in [-0.15, -0.1) is 11.6 Å². The molecular formula is C15H13ClFN3. The Morgan fingerprint density at radius 3 is 2.70 bits per heavy atom. The first-order valence-electron chi connectivity index (χ1n) is 6.29. The normalized spacial score (nSPS) is 11.2. The lowest BCUT2D eigenvalue weighted by Crippen LogP contribution is -2.04. The topological polar surface area (TPSA) is 30.7 Å². The van der Waals surface area contributed by atoms with Crippen LogP contribution < -0.4 is 0 Å². The van der Waals surface area contributed by atoms with E-state index in [4.69, 9.17) is 11.6 Å². The Morgan fingerprint density at radius 1 is 1.25 bits per heavy atom. The summed E-state index contributed by atoms with van der Waals surface area (Å²) < 4.78 is 15.6. The van der Waals surface area contributed by atoms with Crippen molar-refractivity contribution in [3.8, 4) is 0 Å². The first-order valence-corrected chi connectivity index (χ1v) is 6.82. The van der Waals surface area contributed by atoms with Crippen LogP contribution in [0.1, 0.15) is 17.0 Å². The van der Waals surface area contributed by atoms with Crippen LogP contribution in [0.3, 0.4) is 0 Å². The molecule has 0 aliphatic rings. The van der Waals surface area contributed by atoms with Gasteiger partial charge in [0.1, 0.15) is 11.6 Å². The SMILES string of the molecule is Cc1cc2c(cc1F)nc(CCl)n2Cc1ccncc1. The Hall–Kier alpha value is -1.94. The molecule has 3 rings (SSSR count). The number of hydrogen-bond donors (Lipinski definition) is 0. The number of nitrogens with zero attached hydrogens (tertiary/aromatic N) is 3. The van der Waals surface area contributed by atoms with Gasteiger partial charge in [0.15, 0.2) is 0 Å². The number of pyridine rings is 1. The van der Waals surface area contributed by atoms with Crippen LogP contribution in [-0.4, -0.2) is 14.5 Å². The summed E-state index contributed by atoms with van der Waals surface area (Å²) in [4.78, 5) is 8.41. The zero-order valence-corrected chi connectivity index (χ0v) is 11.7. The molecule has 102 valence electrons.